The SMILES string of the molecule is Cc1cccc(OCCc2nc3c(s2)CNCC3)c1. The number of hydrogen-bond donors (Lipinski definition) is 1. The Morgan fingerprint density at radius 3 is 3.21 bits per heavy atom. The summed E-state index contributed by atoms with van der Waals surface area (Å²) in [4.78, 5) is 6.10. The molecule has 0 fully saturated rings. The second-order valence-corrected chi connectivity index (χ2v) is 5.99. The molecular weight excluding hydrogens is 256 g/mol. The fraction of sp³-hybridized carbons (Fsp3) is 0.400. The second kappa shape index (κ2) is 5.72. The molecule has 0 atom stereocenters. The molecule has 0 amide bonds. The van der Waals surface area contributed by atoms with Gasteiger partial charge in [0.15, 0.2) is 0 Å². The van der Waals surface area contributed by atoms with Crippen LogP contribution in [0.1, 0.15) is 21.1 Å². The molecule has 2 aromatic rings. The van der Waals surface area contributed by atoms with Gasteiger partial charge in [-0.2, -0.15) is 0 Å². The summed E-state index contributed by atoms with van der Waals surface area (Å²) in [6, 6.07) is 8.17. The lowest BCUT2D eigenvalue weighted by atomic mass is 10.2. The van der Waals surface area contributed by atoms with Crippen LogP contribution in [0.15, 0.2) is 24.3 Å². The Morgan fingerprint density at radius 1 is 1.42 bits per heavy atom. The predicted molar refractivity (Wildman–Crippen MR) is 77.9 cm³/mol. The molecule has 0 aliphatic carbocycles. The lowest BCUT2D eigenvalue weighted by Crippen LogP contribution is -2.22. The first-order valence-electron chi connectivity index (χ1n) is 6.69. The van der Waals surface area contributed by atoms with E-state index in [0.717, 1.165) is 31.7 Å². The maximum absolute atomic E-state index is 5.77. The normalized spacial score (nSPS) is 14.2. The molecule has 0 unspecified atom stereocenters. The summed E-state index contributed by atoms with van der Waals surface area (Å²) in [6.07, 6.45) is 1.95. The van der Waals surface area contributed by atoms with Gasteiger partial charge in [0.1, 0.15) is 5.75 Å². The van der Waals surface area contributed by atoms with Crippen LogP contribution < -0.4 is 10.1 Å². The average molecular weight is 274 g/mol. The molecule has 0 saturated heterocycles. The van der Waals surface area contributed by atoms with E-state index in [2.05, 4.69) is 24.4 Å². The lowest BCUT2D eigenvalue weighted by molar-refractivity contribution is 0.321. The van der Waals surface area contributed by atoms with Crippen molar-refractivity contribution in [1.29, 1.82) is 0 Å². The van der Waals surface area contributed by atoms with E-state index in [4.69, 9.17) is 9.72 Å². The number of aromatic nitrogens is 1. The smallest absolute Gasteiger partial charge is 0.119 e. The third kappa shape index (κ3) is 3.14. The molecule has 1 aromatic heterocycles. The molecule has 1 aliphatic heterocycles. The van der Waals surface area contributed by atoms with Crippen LogP contribution in [0.25, 0.3) is 0 Å². The number of nitrogens with zero attached hydrogens (tertiary/aromatic N) is 1. The van der Waals surface area contributed by atoms with Gasteiger partial charge in [0.25, 0.3) is 0 Å². The molecule has 4 heteroatoms. The lowest BCUT2D eigenvalue weighted by Gasteiger charge is -2.09. The Labute approximate surface area is 117 Å². The van der Waals surface area contributed by atoms with Crippen molar-refractivity contribution in [2.75, 3.05) is 13.2 Å². The van der Waals surface area contributed by atoms with E-state index in [-0.39, 0.29) is 0 Å². The molecule has 0 spiro atoms. The molecule has 0 saturated carbocycles. The zero-order valence-electron chi connectivity index (χ0n) is 11.1. The number of rotatable bonds is 4. The Balaban J connectivity index is 1.56. The summed E-state index contributed by atoms with van der Waals surface area (Å²) in [5.74, 6) is 0.947. The molecule has 1 aliphatic rings. The first-order valence-corrected chi connectivity index (χ1v) is 7.50. The number of nitrogens with one attached hydrogen (secondary N) is 1. The zero-order valence-corrected chi connectivity index (χ0v) is 11.9. The fourth-order valence-electron chi connectivity index (χ4n) is 2.25. The standard InChI is InChI=1S/C15H18N2OS/c1-11-3-2-4-12(9-11)18-8-6-15-17-13-5-7-16-10-14(13)19-15/h2-4,9,16H,5-8,10H2,1H3. The van der Waals surface area contributed by atoms with Gasteiger partial charge in [-0.3, -0.25) is 0 Å². The molecule has 100 valence electrons. The van der Waals surface area contributed by atoms with E-state index in [0.29, 0.717) is 6.61 Å². The van der Waals surface area contributed by atoms with Crippen LogP contribution in [0.2, 0.25) is 0 Å². The molecule has 2 heterocycles. The number of ether oxygens (including phenoxy) is 1. The second-order valence-electron chi connectivity index (χ2n) is 4.82. The summed E-state index contributed by atoms with van der Waals surface area (Å²) in [6.45, 7) is 4.81. The molecule has 3 rings (SSSR count). The van der Waals surface area contributed by atoms with Crippen molar-refractivity contribution in [3.05, 3.63) is 45.4 Å². The highest BCUT2D eigenvalue weighted by Gasteiger charge is 2.14. The van der Waals surface area contributed by atoms with E-state index >= 15 is 0 Å². The fourth-order valence-corrected chi connectivity index (χ4v) is 3.31. The van der Waals surface area contributed by atoms with Crippen molar-refractivity contribution in [2.45, 2.75) is 26.3 Å². The van der Waals surface area contributed by atoms with Crippen LogP contribution >= 0.6 is 11.3 Å². The third-order valence-corrected chi connectivity index (χ3v) is 4.38. The molecule has 19 heavy (non-hydrogen) atoms. The highest BCUT2D eigenvalue weighted by Crippen LogP contribution is 2.22. The number of thiazole rings is 1. The maximum atomic E-state index is 5.77. The third-order valence-electron chi connectivity index (χ3n) is 3.22. The first-order chi connectivity index (χ1) is 9.31. The van der Waals surface area contributed by atoms with Crippen LogP contribution in [0.5, 0.6) is 5.75 Å². The quantitative estimate of drug-likeness (QED) is 0.931. The molecule has 1 N–H and O–H groups in total. The van der Waals surface area contributed by atoms with E-state index in [9.17, 15) is 0 Å². The van der Waals surface area contributed by atoms with Gasteiger partial charge in [0.05, 0.1) is 17.3 Å². The van der Waals surface area contributed by atoms with Gasteiger partial charge in [-0.25, -0.2) is 4.98 Å². The number of fused-ring (bicyclic) bond motifs is 1. The number of aryl methyl sites for hydroxylation is 1. The Bertz CT molecular complexity index is 542. The Hall–Kier alpha value is -1.39. The molecule has 3 nitrogen and oxygen atoms in total. The highest BCUT2D eigenvalue weighted by molar-refractivity contribution is 7.11. The summed E-state index contributed by atoms with van der Waals surface area (Å²) in [5.41, 5.74) is 2.52. The van der Waals surface area contributed by atoms with Crippen LogP contribution in [-0.2, 0) is 19.4 Å². The van der Waals surface area contributed by atoms with Crippen molar-refractivity contribution in [3.8, 4) is 5.75 Å². The van der Waals surface area contributed by atoms with Crippen LogP contribution in [0.4, 0.5) is 0 Å². The zero-order chi connectivity index (χ0) is 13.1. The topological polar surface area (TPSA) is 34.1 Å². The van der Waals surface area contributed by atoms with E-state index in [1.807, 2.05) is 23.5 Å². The summed E-state index contributed by atoms with van der Waals surface area (Å²) < 4.78 is 5.77. The number of benzene rings is 1. The van der Waals surface area contributed by atoms with Crippen molar-refractivity contribution in [2.24, 2.45) is 0 Å². The summed E-state index contributed by atoms with van der Waals surface area (Å²) in [5, 5.41) is 4.58. The summed E-state index contributed by atoms with van der Waals surface area (Å²) in [7, 11) is 0. The van der Waals surface area contributed by atoms with Crippen LogP contribution in [0.3, 0.4) is 0 Å². The van der Waals surface area contributed by atoms with Gasteiger partial charge in [0, 0.05) is 30.8 Å². The molecule has 0 bridgehead atoms. The van der Waals surface area contributed by atoms with Gasteiger partial charge < -0.3 is 10.1 Å². The molecular formula is C15H18N2OS. The minimum absolute atomic E-state index is 0.698. The van der Waals surface area contributed by atoms with E-state index < -0.39 is 0 Å². The Kier molecular flexibility index (Phi) is 3.80. The van der Waals surface area contributed by atoms with Crippen molar-refractivity contribution in [3.63, 3.8) is 0 Å². The predicted octanol–water partition coefficient (Wildman–Crippen LogP) is 2.72. The van der Waals surface area contributed by atoms with Crippen LogP contribution in [0, 0.1) is 6.92 Å². The largest absolute Gasteiger partial charge is 0.493 e. The minimum atomic E-state index is 0.698. The van der Waals surface area contributed by atoms with Gasteiger partial charge in [-0.15, -0.1) is 11.3 Å². The van der Waals surface area contributed by atoms with Gasteiger partial charge in [0.2, 0.25) is 0 Å². The van der Waals surface area contributed by atoms with Gasteiger partial charge in [-0.1, -0.05) is 12.1 Å². The molecule has 1 aromatic carbocycles. The molecule has 0 radical (unpaired) electrons. The van der Waals surface area contributed by atoms with E-state index in [1.165, 1.54) is 21.1 Å². The van der Waals surface area contributed by atoms with Crippen molar-refractivity contribution >= 4 is 11.3 Å². The number of hydrogen-bond acceptors (Lipinski definition) is 4. The van der Waals surface area contributed by atoms with Crippen molar-refractivity contribution < 1.29 is 4.74 Å². The Morgan fingerprint density at radius 2 is 2.37 bits per heavy atom. The maximum Gasteiger partial charge on any atom is 0.119 e. The van der Waals surface area contributed by atoms with E-state index in [1.54, 1.807) is 0 Å². The average Bonchev–Trinajstić information content (AvgIpc) is 2.81. The van der Waals surface area contributed by atoms with Gasteiger partial charge >= 0.3 is 0 Å². The van der Waals surface area contributed by atoms with Gasteiger partial charge in [-0.05, 0) is 24.6 Å². The monoisotopic (exact) mass is 274 g/mol. The first kappa shape index (κ1) is 12.6. The van der Waals surface area contributed by atoms with Crippen LogP contribution in [-0.4, -0.2) is 18.1 Å². The minimum Gasteiger partial charge on any atom is -0.493 e. The highest BCUT2D eigenvalue weighted by atomic mass is 32.1. The summed E-state index contributed by atoms with van der Waals surface area (Å²) >= 11 is 1.82. The van der Waals surface area contributed by atoms with Crippen molar-refractivity contribution in [1.82, 2.24) is 10.3 Å².